The lowest BCUT2D eigenvalue weighted by Gasteiger charge is -2.36. The van der Waals surface area contributed by atoms with Gasteiger partial charge in [0.2, 0.25) is 0 Å². The SMILES string of the molecule is CC1CN(CC(O)Cn2cnc3ccsc3c2=O)CC(C)O1. The quantitative estimate of drug-likeness (QED) is 0.906. The molecule has 1 N–H and O–H groups in total. The number of fused-ring (bicyclic) bond motifs is 1. The smallest absolute Gasteiger partial charge is 0.271 e. The van der Waals surface area contributed by atoms with Gasteiger partial charge in [0.15, 0.2) is 0 Å². The van der Waals surface area contributed by atoms with Crippen LogP contribution in [0.25, 0.3) is 10.2 Å². The summed E-state index contributed by atoms with van der Waals surface area (Å²) in [6.07, 6.45) is 1.26. The summed E-state index contributed by atoms with van der Waals surface area (Å²) in [6, 6.07) is 1.83. The third-order valence-corrected chi connectivity index (χ3v) is 4.70. The highest BCUT2D eigenvalue weighted by Gasteiger charge is 2.24. The summed E-state index contributed by atoms with van der Waals surface area (Å²) in [5.74, 6) is 0. The predicted octanol–water partition coefficient (Wildman–Crippen LogP) is 0.928. The molecule has 3 rings (SSSR count). The van der Waals surface area contributed by atoms with Crippen molar-refractivity contribution in [3.63, 3.8) is 0 Å². The molecule has 0 spiro atoms. The normalized spacial score (nSPS) is 24.7. The van der Waals surface area contributed by atoms with Crippen molar-refractivity contribution in [3.05, 3.63) is 28.1 Å². The standard InChI is InChI=1S/C15H21N3O3S/c1-10-5-17(6-11(2)21-10)7-12(19)8-18-9-16-13-3-4-22-14(13)15(18)20/h3-4,9-12,19H,5-8H2,1-2H3. The maximum absolute atomic E-state index is 12.3. The van der Waals surface area contributed by atoms with E-state index in [1.54, 1.807) is 0 Å². The summed E-state index contributed by atoms with van der Waals surface area (Å²) in [4.78, 5) is 18.8. The minimum Gasteiger partial charge on any atom is -0.390 e. The molecule has 7 heteroatoms. The number of aliphatic hydroxyl groups is 1. The number of hydrogen-bond acceptors (Lipinski definition) is 6. The summed E-state index contributed by atoms with van der Waals surface area (Å²) >= 11 is 1.39. The second-order valence-electron chi connectivity index (χ2n) is 5.97. The first-order chi connectivity index (χ1) is 10.5. The van der Waals surface area contributed by atoms with Gasteiger partial charge in [-0.3, -0.25) is 14.3 Å². The zero-order chi connectivity index (χ0) is 15.7. The van der Waals surface area contributed by atoms with Gasteiger partial charge in [0.25, 0.3) is 5.56 Å². The molecule has 3 unspecified atom stereocenters. The highest BCUT2D eigenvalue weighted by molar-refractivity contribution is 7.17. The molecule has 0 aliphatic carbocycles. The van der Waals surface area contributed by atoms with Crippen LogP contribution in [0.3, 0.4) is 0 Å². The van der Waals surface area contributed by atoms with Crippen molar-refractivity contribution in [1.82, 2.24) is 14.5 Å². The van der Waals surface area contributed by atoms with Crippen molar-refractivity contribution in [2.45, 2.75) is 38.7 Å². The highest BCUT2D eigenvalue weighted by atomic mass is 32.1. The number of aliphatic hydroxyl groups excluding tert-OH is 1. The van der Waals surface area contributed by atoms with Crippen molar-refractivity contribution >= 4 is 21.6 Å². The summed E-state index contributed by atoms with van der Waals surface area (Å²) in [5, 5.41) is 12.2. The lowest BCUT2D eigenvalue weighted by atomic mass is 10.2. The van der Waals surface area contributed by atoms with E-state index >= 15 is 0 Å². The molecule has 1 aliphatic heterocycles. The number of ether oxygens (including phenoxy) is 1. The molecule has 3 atom stereocenters. The molecule has 0 aromatic carbocycles. The monoisotopic (exact) mass is 323 g/mol. The largest absolute Gasteiger partial charge is 0.390 e. The number of thiophene rings is 1. The average Bonchev–Trinajstić information content (AvgIpc) is 2.90. The Balaban J connectivity index is 1.66. The van der Waals surface area contributed by atoms with Crippen LogP contribution in [0.1, 0.15) is 13.8 Å². The molecule has 0 amide bonds. The first-order valence-corrected chi connectivity index (χ1v) is 8.39. The molecular formula is C15H21N3O3S. The Kier molecular flexibility index (Phi) is 4.58. The Morgan fingerprint density at radius 3 is 2.86 bits per heavy atom. The first kappa shape index (κ1) is 15.6. The highest BCUT2D eigenvalue weighted by Crippen LogP contribution is 2.14. The second-order valence-corrected chi connectivity index (χ2v) is 6.88. The average molecular weight is 323 g/mol. The molecule has 3 heterocycles. The van der Waals surface area contributed by atoms with Crippen molar-refractivity contribution in [1.29, 1.82) is 0 Å². The molecule has 0 saturated carbocycles. The number of hydrogen-bond donors (Lipinski definition) is 1. The van der Waals surface area contributed by atoms with Gasteiger partial charge in [-0.1, -0.05) is 0 Å². The van der Waals surface area contributed by atoms with Gasteiger partial charge in [-0.15, -0.1) is 11.3 Å². The van der Waals surface area contributed by atoms with Gasteiger partial charge < -0.3 is 9.84 Å². The number of β-amino-alcohol motifs (C(OH)–C–C–N with tert-alkyl or cyclic N) is 1. The molecule has 1 saturated heterocycles. The Morgan fingerprint density at radius 1 is 1.41 bits per heavy atom. The molecule has 2 aromatic heterocycles. The van der Waals surface area contributed by atoms with Gasteiger partial charge >= 0.3 is 0 Å². The first-order valence-electron chi connectivity index (χ1n) is 7.51. The van der Waals surface area contributed by atoms with E-state index in [0.29, 0.717) is 11.2 Å². The molecule has 1 fully saturated rings. The van der Waals surface area contributed by atoms with Crippen LogP contribution in [-0.2, 0) is 11.3 Å². The Hall–Kier alpha value is -1.28. The maximum atomic E-state index is 12.3. The van der Waals surface area contributed by atoms with E-state index in [1.807, 2.05) is 25.3 Å². The summed E-state index contributed by atoms with van der Waals surface area (Å²) < 4.78 is 7.83. The van der Waals surface area contributed by atoms with Crippen molar-refractivity contribution in [2.24, 2.45) is 0 Å². The summed E-state index contributed by atoms with van der Waals surface area (Å²) in [5.41, 5.74) is 0.638. The molecule has 0 radical (unpaired) electrons. The van der Waals surface area contributed by atoms with E-state index in [1.165, 1.54) is 22.2 Å². The molecular weight excluding hydrogens is 302 g/mol. The van der Waals surface area contributed by atoms with Crippen LogP contribution < -0.4 is 5.56 Å². The third-order valence-electron chi connectivity index (χ3n) is 3.81. The van der Waals surface area contributed by atoms with Gasteiger partial charge in [-0.25, -0.2) is 4.98 Å². The van der Waals surface area contributed by atoms with E-state index in [9.17, 15) is 9.90 Å². The van der Waals surface area contributed by atoms with E-state index in [-0.39, 0.29) is 24.3 Å². The van der Waals surface area contributed by atoms with Crippen molar-refractivity contribution in [3.8, 4) is 0 Å². The molecule has 6 nitrogen and oxygen atoms in total. The van der Waals surface area contributed by atoms with E-state index in [4.69, 9.17) is 4.74 Å². The lowest BCUT2D eigenvalue weighted by molar-refractivity contribution is -0.0773. The fraction of sp³-hybridized carbons (Fsp3) is 0.600. The van der Waals surface area contributed by atoms with Gasteiger partial charge in [0.1, 0.15) is 4.70 Å². The van der Waals surface area contributed by atoms with Crippen LogP contribution in [0.5, 0.6) is 0 Å². The number of aromatic nitrogens is 2. The third kappa shape index (κ3) is 3.38. The van der Waals surface area contributed by atoms with Crippen LogP contribution in [-0.4, -0.2) is 57.5 Å². The van der Waals surface area contributed by atoms with Crippen LogP contribution in [0.4, 0.5) is 0 Å². The molecule has 2 aromatic rings. The predicted molar refractivity (Wildman–Crippen MR) is 86.3 cm³/mol. The van der Waals surface area contributed by atoms with Gasteiger partial charge in [0, 0.05) is 19.6 Å². The van der Waals surface area contributed by atoms with Crippen molar-refractivity contribution in [2.75, 3.05) is 19.6 Å². The second kappa shape index (κ2) is 6.45. The van der Waals surface area contributed by atoms with Crippen LogP contribution in [0.15, 0.2) is 22.6 Å². The fourth-order valence-corrected chi connectivity index (χ4v) is 3.82. The number of morpholine rings is 1. The summed E-state index contributed by atoms with van der Waals surface area (Å²) in [7, 11) is 0. The van der Waals surface area contributed by atoms with Gasteiger partial charge in [-0.2, -0.15) is 0 Å². The molecule has 1 aliphatic rings. The number of rotatable bonds is 4. The van der Waals surface area contributed by atoms with Crippen molar-refractivity contribution < 1.29 is 9.84 Å². The van der Waals surface area contributed by atoms with E-state index in [2.05, 4.69) is 9.88 Å². The zero-order valence-corrected chi connectivity index (χ0v) is 13.6. The fourth-order valence-electron chi connectivity index (χ4n) is 3.03. The van der Waals surface area contributed by atoms with E-state index < -0.39 is 6.10 Å². The molecule has 22 heavy (non-hydrogen) atoms. The molecule has 0 bridgehead atoms. The van der Waals surface area contributed by atoms with Crippen LogP contribution in [0, 0.1) is 0 Å². The number of nitrogens with zero attached hydrogens (tertiary/aromatic N) is 3. The van der Waals surface area contributed by atoms with Gasteiger partial charge in [-0.05, 0) is 25.3 Å². The zero-order valence-electron chi connectivity index (χ0n) is 12.8. The Bertz CT molecular complexity index is 689. The minimum absolute atomic E-state index is 0.0808. The lowest BCUT2D eigenvalue weighted by Crippen LogP contribution is -2.48. The maximum Gasteiger partial charge on any atom is 0.271 e. The van der Waals surface area contributed by atoms with Crippen LogP contribution >= 0.6 is 11.3 Å². The van der Waals surface area contributed by atoms with Crippen LogP contribution in [0.2, 0.25) is 0 Å². The Labute approximate surface area is 133 Å². The van der Waals surface area contributed by atoms with E-state index in [0.717, 1.165) is 18.6 Å². The summed E-state index contributed by atoms with van der Waals surface area (Å²) in [6.45, 7) is 6.48. The minimum atomic E-state index is -0.602. The molecule has 120 valence electrons. The Morgan fingerprint density at radius 2 is 2.14 bits per heavy atom. The topological polar surface area (TPSA) is 67.6 Å². The van der Waals surface area contributed by atoms with Gasteiger partial charge in [0.05, 0.1) is 36.7 Å².